The van der Waals surface area contributed by atoms with Gasteiger partial charge in [0.15, 0.2) is 5.82 Å². The lowest BCUT2D eigenvalue weighted by molar-refractivity contribution is 0.318. The van der Waals surface area contributed by atoms with Crippen molar-refractivity contribution in [3.63, 3.8) is 0 Å². The summed E-state index contributed by atoms with van der Waals surface area (Å²) in [5.74, 6) is 0.510. The highest BCUT2D eigenvalue weighted by atomic mass is 32.2. The number of sulfonamides is 1. The Kier molecular flexibility index (Phi) is 4.05. The first kappa shape index (κ1) is 16.6. The molecule has 0 N–H and O–H groups in total. The number of nitrogens with zero attached hydrogens (tertiary/aromatic N) is 5. The fourth-order valence-electron chi connectivity index (χ4n) is 2.99. The predicted molar refractivity (Wildman–Crippen MR) is 90.5 cm³/mol. The summed E-state index contributed by atoms with van der Waals surface area (Å²) in [6.45, 7) is 2.69. The van der Waals surface area contributed by atoms with Crippen molar-refractivity contribution < 1.29 is 12.8 Å². The van der Waals surface area contributed by atoms with Crippen molar-refractivity contribution in [2.75, 3.05) is 13.1 Å². The second kappa shape index (κ2) is 6.11. The fourth-order valence-corrected chi connectivity index (χ4v) is 5.52. The Morgan fingerprint density at radius 1 is 1.16 bits per heavy atom. The maximum absolute atomic E-state index is 13.0. The van der Waals surface area contributed by atoms with Crippen molar-refractivity contribution in [1.82, 2.24) is 24.1 Å². The van der Waals surface area contributed by atoms with Crippen molar-refractivity contribution in [3.05, 3.63) is 40.9 Å². The Morgan fingerprint density at radius 3 is 2.48 bits per heavy atom. The molecule has 0 amide bonds. The molecule has 3 aromatic rings. The van der Waals surface area contributed by atoms with Gasteiger partial charge in [-0.15, -0.1) is 10.2 Å². The third-order valence-corrected chi connectivity index (χ3v) is 7.39. The minimum absolute atomic E-state index is 0.127. The number of fused-ring (bicyclic) bond motifs is 1. The summed E-state index contributed by atoms with van der Waals surface area (Å²) in [5, 5.41) is 13.6. The monoisotopic (exact) mass is 381 g/mol. The molecule has 2 aromatic heterocycles. The van der Waals surface area contributed by atoms with Crippen molar-refractivity contribution in [2.45, 2.75) is 30.6 Å². The normalized spacial score (nSPS) is 17.4. The molecule has 25 heavy (non-hydrogen) atoms. The first-order valence-electron chi connectivity index (χ1n) is 7.89. The van der Waals surface area contributed by atoms with Gasteiger partial charge in [0.25, 0.3) is 0 Å². The van der Waals surface area contributed by atoms with E-state index in [-0.39, 0.29) is 10.8 Å². The quantitative estimate of drug-likeness (QED) is 0.695. The van der Waals surface area contributed by atoms with Crippen LogP contribution in [0.2, 0.25) is 0 Å². The Morgan fingerprint density at radius 2 is 1.84 bits per heavy atom. The van der Waals surface area contributed by atoms with Gasteiger partial charge in [-0.2, -0.15) is 13.9 Å². The van der Waals surface area contributed by atoms with Crippen LogP contribution in [0, 0.1) is 12.7 Å². The Balaban J connectivity index is 1.49. The molecule has 7 nitrogen and oxygen atoms in total. The fraction of sp³-hybridized carbons (Fsp3) is 0.400. The van der Waals surface area contributed by atoms with Gasteiger partial charge in [-0.3, -0.25) is 0 Å². The van der Waals surface area contributed by atoms with Gasteiger partial charge >= 0.3 is 0 Å². The van der Waals surface area contributed by atoms with Crippen LogP contribution in [0.5, 0.6) is 0 Å². The maximum Gasteiger partial charge on any atom is 0.243 e. The zero-order valence-corrected chi connectivity index (χ0v) is 15.1. The first-order valence-corrected chi connectivity index (χ1v) is 10.2. The third kappa shape index (κ3) is 2.94. The molecular weight excluding hydrogens is 365 g/mol. The molecule has 0 bridgehead atoms. The van der Waals surface area contributed by atoms with Gasteiger partial charge in [0.1, 0.15) is 10.8 Å². The highest BCUT2D eigenvalue weighted by Gasteiger charge is 2.31. The number of piperidine rings is 1. The van der Waals surface area contributed by atoms with Crippen LogP contribution in [0.25, 0.3) is 4.96 Å². The third-order valence-electron chi connectivity index (χ3n) is 4.42. The molecule has 10 heteroatoms. The average Bonchev–Trinajstić information content (AvgIpc) is 3.18. The molecule has 0 spiro atoms. The Hall–Kier alpha value is -1.91. The summed E-state index contributed by atoms with van der Waals surface area (Å²) in [6, 6.07) is 4.95. The average molecular weight is 381 g/mol. The van der Waals surface area contributed by atoms with E-state index in [1.807, 2.05) is 6.92 Å². The second-order valence-corrected chi connectivity index (χ2v) is 8.94. The lowest BCUT2D eigenvalue weighted by Crippen LogP contribution is -2.37. The van der Waals surface area contributed by atoms with E-state index >= 15 is 0 Å². The van der Waals surface area contributed by atoms with Crippen LogP contribution in [0.15, 0.2) is 29.2 Å². The van der Waals surface area contributed by atoms with Crippen LogP contribution in [0.4, 0.5) is 4.39 Å². The minimum atomic E-state index is -3.58. The molecule has 0 unspecified atom stereocenters. The van der Waals surface area contributed by atoms with Crippen LogP contribution < -0.4 is 0 Å². The summed E-state index contributed by atoms with van der Waals surface area (Å²) in [5.41, 5.74) is 0. The summed E-state index contributed by atoms with van der Waals surface area (Å²) >= 11 is 1.50. The Labute approximate surface area is 148 Å². The molecule has 1 fully saturated rings. The topological polar surface area (TPSA) is 80.5 Å². The molecule has 1 aliphatic rings. The molecule has 0 radical (unpaired) electrons. The standard InChI is InChI=1S/C15H16FN5O2S2/c1-10-17-18-15-21(10)19-14(24-15)11-6-8-20(9-7-11)25(22,23)13-4-2-12(16)3-5-13/h2-5,11H,6-9H2,1H3. The van der Waals surface area contributed by atoms with E-state index in [1.54, 1.807) is 4.52 Å². The zero-order valence-electron chi connectivity index (χ0n) is 13.5. The highest BCUT2D eigenvalue weighted by Crippen LogP contribution is 2.33. The van der Waals surface area contributed by atoms with E-state index in [1.165, 1.54) is 39.9 Å². The van der Waals surface area contributed by atoms with E-state index in [9.17, 15) is 12.8 Å². The number of benzene rings is 1. The summed E-state index contributed by atoms with van der Waals surface area (Å²) in [4.78, 5) is 0.885. The van der Waals surface area contributed by atoms with Gasteiger partial charge in [0.05, 0.1) is 4.90 Å². The number of aromatic nitrogens is 4. The van der Waals surface area contributed by atoms with E-state index in [0.717, 1.165) is 15.8 Å². The number of hydrogen-bond acceptors (Lipinski definition) is 6. The smallest absolute Gasteiger partial charge is 0.207 e. The van der Waals surface area contributed by atoms with Crippen molar-refractivity contribution in [3.8, 4) is 0 Å². The molecule has 4 rings (SSSR count). The molecule has 0 saturated carbocycles. The highest BCUT2D eigenvalue weighted by molar-refractivity contribution is 7.89. The maximum atomic E-state index is 13.0. The molecule has 0 atom stereocenters. The number of halogens is 1. The van der Waals surface area contributed by atoms with E-state index in [0.29, 0.717) is 25.9 Å². The predicted octanol–water partition coefficient (Wildman–Crippen LogP) is 2.20. The lowest BCUT2D eigenvalue weighted by atomic mass is 9.99. The molecule has 132 valence electrons. The number of aryl methyl sites for hydroxylation is 1. The molecule has 3 heterocycles. The van der Waals surface area contributed by atoms with Gasteiger partial charge in [0, 0.05) is 19.0 Å². The molecule has 1 aromatic carbocycles. The van der Waals surface area contributed by atoms with Gasteiger partial charge in [-0.05, 0) is 44.0 Å². The molecular formula is C15H16FN5O2S2. The van der Waals surface area contributed by atoms with Crippen LogP contribution in [0.1, 0.15) is 29.6 Å². The number of rotatable bonds is 3. The largest absolute Gasteiger partial charge is 0.243 e. The van der Waals surface area contributed by atoms with Crippen LogP contribution in [-0.2, 0) is 10.0 Å². The van der Waals surface area contributed by atoms with E-state index < -0.39 is 15.8 Å². The lowest BCUT2D eigenvalue weighted by Gasteiger charge is -2.30. The van der Waals surface area contributed by atoms with Crippen molar-refractivity contribution in [1.29, 1.82) is 0 Å². The van der Waals surface area contributed by atoms with Gasteiger partial charge in [-0.1, -0.05) is 11.3 Å². The zero-order chi connectivity index (χ0) is 17.6. The molecule has 1 saturated heterocycles. The molecule has 0 aliphatic carbocycles. The summed E-state index contributed by atoms with van der Waals surface area (Å²) < 4.78 is 41.5. The van der Waals surface area contributed by atoms with Crippen LogP contribution in [0.3, 0.4) is 0 Å². The number of hydrogen-bond donors (Lipinski definition) is 0. The van der Waals surface area contributed by atoms with Crippen LogP contribution in [-0.4, -0.2) is 45.6 Å². The summed E-state index contributed by atoms with van der Waals surface area (Å²) in [6.07, 6.45) is 1.40. The SMILES string of the molecule is Cc1nnc2sc(C3CCN(S(=O)(=O)c4ccc(F)cc4)CC3)nn12. The minimum Gasteiger partial charge on any atom is -0.207 e. The van der Waals surface area contributed by atoms with E-state index in [4.69, 9.17) is 0 Å². The van der Waals surface area contributed by atoms with E-state index in [2.05, 4.69) is 15.3 Å². The molecule has 1 aliphatic heterocycles. The van der Waals surface area contributed by atoms with Crippen molar-refractivity contribution >= 4 is 26.3 Å². The van der Waals surface area contributed by atoms with Gasteiger partial charge in [-0.25, -0.2) is 12.8 Å². The second-order valence-electron chi connectivity index (χ2n) is 6.01. The van der Waals surface area contributed by atoms with Crippen molar-refractivity contribution in [2.24, 2.45) is 0 Å². The first-order chi connectivity index (χ1) is 11.9. The van der Waals surface area contributed by atoms with Gasteiger partial charge in [0.2, 0.25) is 15.0 Å². The van der Waals surface area contributed by atoms with Gasteiger partial charge < -0.3 is 0 Å². The Bertz CT molecular complexity index is 1000. The summed E-state index contributed by atoms with van der Waals surface area (Å²) in [7, 11) is -3.58. The van der Waals surface area contributed by atoms with Crippen LogP contribution >= 0.6 is 11.3 Å².